The minimum absolute atomic E-state index is 0.0761. The third kappa shape index (κ3) is 1.57. The van der Waals surface area contributed by atoms with E-state index >= 15 is 0 Å². The van der Waals surface area contributed by atoms with Crippen LogP contribution < -0.4 is 0 Å². The normalized spacial score (nSPS) is 42.8. The first-order chi connectivity index (χ1) is 8.08. The molecule has 5 unspecified atom stereocenters. The van der Waals surface area contributed by atoms with E-state index in [0.29, 0.717) is 5.92 Å². The van der Waals surface area contributed by atoms with Gasteiger partial charge in [-0.25, -0.2) is 0 Å². The van der Waals surface area contributed by atoms with Crippen molar-refractivity contribution < 1.29 is 19.1 Å². The van der Waals surface area contributed by atoms with Crippen molar-refractivity contribution in [1.29, 1.82) is 0 Å². The molecule has 0 radical (unpaired) electrons. The van der Waals surface area contributed by atoms with E-state index < -0.39 is 0 Å². The van der Waals surface area contributed by atoms with E-state index in [1.165, 1.54) is 0 Å². The van der Waals surface area contributed by atoms with E-state index in [1.807, 2.05) is 13.8 Å². The second kappa shape index (κ2) is 3.72. The molecule has 4 rings (SSSR count). The van der Waals surface area contributed by atoms with Gasteiger partial charge in [0.05, 0.1) is 11.8 Å². The summed E-state index contributed by atoms with van der Waals surface area (Å²) in [7, 11) is 0. The Labute approximate surface area is 101 Å². The van der Waals surface area contributed by atoms with Crippen LogP contribution in [-0.2, 0) is 19.1 Å². The molecule has 3 aliphatic carbocycles. The third-order valence-electron chi connectivity index (χ3n) is 4.43. The molecule has 4 aliphatic rings. The molecule has 1 aliphatic heterocycles. The molecule has 0 aromatic rings. The van der Waals surface area contributed by atoms with Crippen LogP contribution in [0, 0.1) is 23.7 Å². The van der Waals surface area contributed by atoms with Crippen molar-refractivity contribution in [2.24, 2.45) is 23.7 Å². The van der Waals surface area contributed by atoms with Crippen LogP contribution in [0.25, 0.3) is 0 Å². The first kappa shape index (κ1) is 11.1. The lowest BCUT2D eigenvalue weighted by molar-refractivity contribution is -0.175. The van der Waals surface area contributed by atoms with E-state index in [4.69, 9.17) is 9.47 Å². The molecule has 1 saturated heterocycles. The Morgan fingerprint density at radius 1 is 1.41 bits per heavy atom. The number of carbonyl (C=O) groups is 2. The van der Waals surface area contributed by atoms with Gasteiger partial charge in [0.25, 0.3) is 0 Å². The van der Waals surface area contributed by atoms with Crippen LogP contribution in [0.4, 0.5) is 0 Å². The highest BCUT2D eigenvalue weighted by Gasteiger charge is 2.59. The van der Waals surface area contributed by atoms with E-state index in [-0.39, 0.29) is 41.9 Å². The third-order valence-corrected chi connectivity index (χ3v) is 4.43. The predicted molar refractivity (Wildman–Crippen MR) is 58.9 cm³/mol. The fourth-order valence-electron chi connectivity index (χ4n) is 3.51. The predicted octanol–water partition coefficient (Wildman–Crippen LogP) is 1.53. The van der Waals surface area contributed by atoms with Crippen LogP contribution in [0.2, 0.25) is 0 Å². The van der Waals surface area contributed by atoms with Gasteiger partial charge in [0.1, 0.15) is 12.2 Å². The number of hydrogen-bond donors (Lipinski definition) is 0. The van der Waals surface area contributed by atoms with Crippen molar-refractivity contribution in [3.8, 4) is 0 Å². The average Bonchev–Trinajstić information content (AvgIpc) is 2.57. The second-order valence-electron chi connectivity index (χ2n) is 5.80. The standard InChI is InChI=1S/C13H18O4/c1-6(2)12(14)16-10-7-3-4-8-9(5-7)13(15)17-11(8)10/h6-11H,3-5H2,1-2H3. The Balaban J connectivity index is 1.78. The van der Waals surface area contributed by atoms with Crippen molar-refractivity contribution in [3.63, 3.8) is 0 Å². The number of hydrogen-bond acceptors (Lipinski definition) is 4. The molecule has 4 bridgehead atoms. The first-order valence-electron chi connectivity index (χ1n) is 6.49. The number of rotatable bonds is 2. The van der Waals surface area contributed by atoms with Gasteiger partial charge >= 0.3 is 11.9 Å². The van der Waals surface area contributed by atoms with Gasteiger partial charge in [-0.3, -0.25) is 9.59 Å². The van der Waals surface area contributed by atoms with Gasteiger partial charge in [-0.05, 0) is 19.3 Å². The zero-order chi connectivity index (χ0) is 12.2. The van der Waals surface area contributed by atoms with E-state index in [0.717, 1.165) is 19.3 Å². The maximum absolute atomic E-state index is 11.7. The largest absolute Gasteiger partial charge is 0.458 e. The van der Waals surface area contributed by atoms with Crippen LogP contribution in [-0.4, -0.2) is 24.1 Å². The number of esters is 2. The molecule has 1 heterocycles. The van der Waals surface area contributed by atoms with Gasteiger partial charge in [0.2, 0.25) is 0 Å². The Kier molecular flexibility index (Phi) is 2.42. The van der Waals surface area contributed by atoms with Crippen molar-refractivity contribution in [2.75, 3.05) is 0 Å². The van der Waals surface area contributed by atoms with Crippen molar-refractivity contribution in [3.05, 3.63) is 0 Å². The molecule has 0 spiro atoms. The summed E-state index contributed by atoms with van der Waals surface area (Å²) >= 11 is 0. The molecule has 3 saturated carbocycles. The van der Waals surface area contributed by atoms with E-state index in [1.54, 1.807) is 0 Å². The summed E-state index contributed by atoms with van der Waals surface area (Å²) in [4.78, 5) is 23.3. The summed E-state index contributed by atoms with van der Waals surface area (Å²) in [5.74, 6) is 0.313. The number of ether oxygens (including phenoxy) is 2. The summed E-state index contributed by atoms with van der Waals surface area (Å²) in [5, 5.41) is 0. The maximum Gasteiger partial charge on any atom is 0.309 e. The SMILES string of the molecule is CC(C)C(=O)OC1C2CCC3C(C2)C(=O)OC31. The van der Waals surface area contributed by atoms with Crippen LogP contribution >= 0.6 is 0 Å². The monoisotopic (exact) mass is 238 g/mol. The molecule has 4 fully saturated rings. The molecule has 5 atom stereocenters. The zero-order valence-corrected chi connectivity index (χ0v) is 10.2. The van der Waals surface area contributed by atoms with Crippen LogP contribution in [0.15, 0.2) is 0 Å². The Morgan fingerprint density at radius 3 is 2.88 bits per heavy atom. The average molecular weight is 238 g/mol. The molecule has 4 nitrogen and oxygen atoms in total. The van der Waals surface area contributed by atoms with Crippen molar-refractivity contribution in [1.82, 2.24) is 0 Å². The zero-order valence-electron chi connectivity index (χ0n) is 10.2. The minimum Gasteiger partial charge on any atom is -0.458 e. The van der Waals surface area contributed by atoms with Crippen molar-refractivity contribution >= 4 is 11.9 Å². The van der Waals surface area contributed by atoms with Crippen LogP contribution in [0.5, 0.6) is 0 Å². The van der Waals surface area contributed by atoms with Crippen LogP contribution in [0.3, 0.4) is 0 Å². The van der Waals surface area contributed by atoms with Gasteiger partial charge in [0, 0.05) is 11.8 Å². The molecule has 94 valence electrons. The highest BCUT2D eigenvalue weighted by atomic mass is 16.6. The van der Waals surface area contributed by atoms with Crippen LogP contribution in [0.1, 0.15) is 33.1 Å². The molecule has 0 aromatic carbocycles. The minimum atomic E-state index is -0.189. The molecule has 0 N–H and O–H groups in total. The first-order valence-corrected chi connectivity index (χ1v) is 6.49. The Bertz CT molecular complexity index is 362. The summed E-state index contributed by atoms with van der Waals surface area (Å²) in [6, 6.07) is 0. The lowest BCUT2D eigenvalue weighted by atomic mass is 9.63. The van der Waals surface area contributed by atoms with E-state index in [2.05, 4.69) is 0 Å². The molecular formula is C13H18O4. The Hall–Kier alpha value is -1.06. The van der Waals surface area contributed by atoms with Crippen molar-refractivity contribution in [2.45, 2.75) is 45.3 Å². The van der Waals surface area contributed by atoms with Gasteiger partial charge in [-0.2, -0.15) is 0 Å². The lowest BCUT2D eigenvalue weighted by Gasteiger charge is -2.43. The molecule has 17 heavy (non-hydrogen) atoms. The lowest BCUT2D eigenvalue weighted by Crippen LogP contribution is -2.50. The van der Waals surface area contributed by atoms with Gasteiger partial charge in [-0.15, -0.1) is 0 Å². The topological polar surface area (TPSA) is 52.6 Å². The summed E-state index contributed by atoms with van der Waals surface area (Å²) in [6.45, 7) is 3.65. The molecule has 0 amide bonds. The highest BCUT2D eigenvalue weighted by Crippen LogP contribution is 2.52. The maximum atomic E-state index is 11.7. The number of fused-ring (bicyclic) bond motifs is 1. The number of carbonyl (C=O) groups excluding carboxylic acids is 2. The second-order valence-corrected chi connectivity index (χ2v) is 5.80. The smallest absolute Gasteiger partial charge is 0.309 e. The summed E-state index contributed by atoms with van der Waals surface area (Å²) in [6.07, 6.45) is 2.59. The molecule has 0 aromatic heterocycles. The van der Waals surface area contributed by atoms with Gasteiger partial charge < -0.3 is 9.47 Å². The van der Waals surface area contributed by atoms with Gasteiger partial charge in [0.15, 0.2) is 0 Å². The molecular weight excluding hydrogens is 220 g/mol. The summed E-state index contributed by atoms with van der Waals surface area (Å²) in [5.41, 5.74) is 0. The van der Waals surface area contributed by atoms with Gasteiger partial charge in [-0.1, -0.05) is 13.8 Å². The molecule has 4 heteroatoms. The fraction of sp³-hybridized carbons (Fsp3) is 0.846. The van der Waals surface area contributed by atoms with E-state index in [9.17, 15) is 9.59 Å². The summed E-state index contributed by atoms with van der Waals surface area (Å²) < 4.78 is 10.9. The highest BCUT2D eigenvalue weighted by molar-refractivity contribution is 5.77. The fourth-order valence-corrected chi connectivity index (χ4v) is 3.51. The Morgan fingerprint density at radius 2 is 2.18 bits per heavy atom. The quantitative estimate of drug-likeness (QED) is 0.684.